The van der Waals surface area contributed by atoms with E-state index >= 15 is 0 Å². The SMILES string of the molecule is CSc1ccc(CC2CCCCN2)cc1SC. The third kappa shape index (κ3) is 3.67. The van der Waals surface area contributed by atoms with Crippen molar-refractivity contribution in [1.82, 2.24) is 5.32 Å². The van der Waals surface area contributed by atoms with E-state index in [2.05, 4.69) is 36.0 Å². The first-order valence-corrected chi connectivity index (χ1v) is 8.72. The first-order valence-electron chi connectivity index (χ1n) is 6.28. The Hall–Kier alpha value is -0.120. The minimum atomic E-state index is 0.693. The van der Waals surface area contributed by atoms with E-state index < -0.39 is 0 Å². The Morgan fingerprint density at radius 2 is 2.00 bits per heavy atom. The fourth-order valence-corrected chi connectivity index (χ4v) is 3.89. The summed E-state index contributed by atoms with van der Waals surface area (Å²) in [6.07, 6.45) is 9.56. The van der Waals surface area contributed by atoms with Gasteiger partial charge in [0.15, 0.2) is 0 Å². The van der Waals surface area contributed by atoms with Gasteiger partial charge in [-0.15, -0.1) is 23.5 Å². The van der Waals surface area contributed by atoms with Gasteiger partial charge in [0, 0.05) is 15.8 Å². The van der Waals surface area contributed by atoms with Gasteiger partial charge in [-0.3, -0.25) is 0 Å². The first-order chi connectivity index (χ1) is 8.33. The summed E-state index contributed by atoms with van der Waals surface area (Å²) in [6.45, 7) is 1.20. The average molecular weight is 267 g/mol. The zero-order valence-corrected chi connectivity index (χ0v) is 12.3. The van der Waals surface area contributed by atoms with Crippen molar-refractivity contribution in [3.63, 3.8) is 0 Å². The Morgan fingerprint density at radius 1 is 1.18 bits per heavy atom. The summed E-state index contributed by atoms with van der Waals surface area (Å²) in [6, 6.07) is 7.63. The van der Waals surface area contributed by atoms with Crippen molar-refractivity contribution >= 4 is 23.5 Å². The van der Waals surface area contributed by atoms with Crippen LogP contribution in [-0.4, -0.2) is 25.1 Å². The Morgan fingerprint density at radius 3 is 2.65 bits per heavy atom. The van der Waals surface area contributed by atoms with Crippen LogP contribution in [0.1, 0.15) is 24.8 Å². The molecule has 1 aromatic rings. The van der Waals surface area contributed by atoms with Gasteiger partial charge in [-0.25, -0.2) is 0 Å². The van der Waals surface area contributed by atoms with Crippen LogP contribution < -0.4 is 5.32 Å². The number of thioether (sulfide) groups is 2. The molecule has 1 nitrogen and oxygen atoms in total. The van der Waals surface area contributed by atoms with Crippen molar-refractivity contribution in [3.8, 4) is 0 Å². The van der Waals surface area contributed by atoms with E-state index in [-0.39, 0.29) is 0 Å². The number of nitrogens with one attached hydrogen (secondary N) is 1. The fraction of sp³-hybridized carbons (Fsp3) is 0.571. The second-order valence-electron chi connectivity index (χ2n) is 4.54. The molecule has 2 rings (SSSR count). The lowest BCUT2D eigenvalue weighted by atomic mass is 9.98. The first kappa shape index (κ1) is 13.3. The van der Waals surface area contributed by atoms with E-state index in [0.29, 0.717) is 6.04 Å². The second-order valence-corrected chi connectivity index (χ2v) is 6.24. The Balaban J connectivity index is 2.05. The lowest BCUT2D eigenvalue weighted by Gasteiger charge is -2.23. The molecule has 1 heterocycles. The average Bonchev–Trinajstić information content (AvgIpc) is 2.40. The van der Waals surface area contributed by atoms with Gasteiger partial charge in [-0.1, -0.05) is 12.5 Å². The van der Waals surface area contributed by atoms with Crippen LogP contribution in [0, 0.1) is 0 Å². The van der Waals surface area contributed by atoms with Crippen LogP contribution in [0.4, 0.5) is 0 Å². The topological polar surface area (TPSA) is 12.0 Å². The number of hydrogen-bond acceptors (Lipinski definition) is 3. The Kier molecular flexibility index (Phi) is 5.26. The monoisotopic (exact) mass is 267 g/mol. The summed E-state index contributed by atoms with van der Waals surface area (Å²) in [4.78, 5) is 2.82. The highest BCUT2D eigenvalue weighted by Gasteiger charge is 2.13. The van der Waals surface area contributed by atoms with E-state index in [1.54, 1.807) is 0 Å². The predicted molar refractivity (Wildman–Crippen MR) is 79.3 cm³/mol. The van der Waals surface area contributed by atoms with E-state index in [0.717, 1.165) is 0 Å². The molecule has 1 unspecified atom stereocenters. The minimum absolute atomic E-state index is 0.693. The predicted octanol–water partition coefficient (Wildman–Crippen LogP) is 3.82. The van der Waals surface area contributed by atoms with Gasteiger partial charge in [0.1, 0.15) is 0 Å². The van der Waals surface area contributed by atoms with Crippen LogP contribution in [0.3, 0.4) is 0 Å². The van der Waals surface area contributed by atoms with E-state index in [1.165, 1.54) is 47.6 Å². The summed E-state index contributed by atoms with van der Waals surface area (Å²) in [5, 5.41) is 3.62. The highest BCUT2D eigenvalue weighted by Crippen LogP contribution is 2.29. The van der Waals surface area contributed by atoms with Crippen LogP contribution in [0.5, 0.6) is 0 Å². The van der Waals surface area contributed by atoms with Crippen molar-refractivity contribution in [3.05, 3.63) is 23.8 Å². The highest BCUT2D eigenvalue weighted by molar-refractivity contribution is 8.01. The maximum Gasteiger partial charge on any atom is 0.0208 e. The molecule has 0 radical (unpaired) electrons. The second kappa shape index (κ2) is 6.72. The largest absolute Gasteiger partial charge is 0.314 e. The normalized spacial score (nSPS) is 20.5. The van der Waals surface area contributed by atoms with Gasteiger partial charge in [-0.05, 0) is 56.0 Å². The van der Waals surface area contributed by atoms with Crippen LogP contribution in [-0.2, 0) is 6.42 Å². The summed E-state index contributed by atoms with van der Waals surface area (Å²) in [7, 11) is 0. The van der Waals surface area contributed by atoms with E-state index in [9.17, 15) is 0 Å². The summed E-state index contributed by atoms with van der Waals surface area (Å²) < 4.78 is 0. The molecule has 1 aromatic carbocycles. The molecule has 3 heteroatoms. The molecule has 0 aromatic heterocycles. The van der Waals surface area contributed by atoms with Gasteiger partial charge in [0.25, 0.3) is 0 Å². The fourth-order valence-electron chi connectivity index (χ4n) is 2.39. The maximum atomic E-state index is 3.62. The summed E-state index contributed by atoms with van der Waals surface area (Å²) >= 11 is 3.69. The van der Waals surface area contributed by atoms with Crippen molar-refractivity contribution in [2.75, 3.05) is 19.1 Å². The van der Waals surface area contributed by atoms with Crippen molar-refractivity contribution in [2.45, 2.75) is 41.5 Å². The van der Waals surface area contributed by atoms with E-state index in [4.69, 9.17) is 0 Å². The molecule has 0 aliphatic carbocycles. The molecule has 0 bridgehead atoms. The molecule has 0 spiro atoms. The number of rotatable bonds is 4. The van der Waals surface area contributed by atoms with Gasteiger partial charge in [0.05, 0.1) is 0 Å². The molecule has 0 amide bonds. The van der Waals surface area contributed by atoms with Crippen molar-refractivity contribution in [1.29, 1.82) is 0 Å². The summed E-state index contributed by atoms with van der Waals surface area (Å²) in [5.74, 6) is 0. The smallest absolute Gasteiger partial charge is 0.0208 e. The molecular weight excluding hydrogens is 246 g/mol. The van der Waals surface area contributed by atoms with E-state index in [1.807, 2.05) is 23.5 Å². The molecule has 1 fully saturated rings. The van der Waals surface area contributed by atoms with Crippen molar-refractivity contribution < 1.29 is 0 Å². The zero-order valence-electron chi connectivity index (χ0n) is 10.7. The molecule has 0 saturated carbocycles. The third-order valence-electron chi connectivity index (χ3n) is 3.34. The molecule has 1 atom stereocenters. The number of piperidine rings is 1. The van der Waals surface area contributed by atoms with Crippen LogP contribution >= 0.6 is 23.5 Å². The van der Waals surface area contributed by atoms with Gasteiger partial charge < -0.3 is 5.32 Å². The number of benzene rings is 1. The van der Waals surface area contributed by atoms with Gasteiger partial charge >= 0.3 is 0 Å². The zero-order chi connectivity index (χ0) is 12.1. The Bertz CT molecular complexity index is 359. The lowest BCUT2D eigenvalue weighted by Crippen LogP contribution is -2.35. The third-order valence-corrected chi connectivity index (χ3v) is 5.05. The van der Waals surface area contributed by atoms with Gasteiger partial charge in [-0.2, -0.15) is 0 Å². The highest BCUT2D eigenvalue weighted by atomic mass is 32.2. The molecule has 1 N–H and O–H groups in total. The maximum absolute atomic E-state index is 3.62. The van der Waals surface area contributed by atoms with Gasteiger partial charge in [0.2, 0.25) is 0 Å². The van der Waals surface area contributed by atoms with Crippen LogP contribution in [0.2, 0.25) is 0 Å². The van der Waals surface area contributed by atoms with Crippen molar-refractivity contribution in [2.24, 2.45) is 0 Å². The molecular formula is C14H21NS2. The Labute approximate surface area is 113 Å². The molecule has 94 valence electrons. The molecule has 1 aliphatic rings. The summed E-state index contributed by atoms with van der Waals surface area (Å²) in [5.41, 5.74) is 1.48. The quantitative estimate of drug-likeness (QED) is 0.833. The minimum Gasteiger partial charge on any atom is -0.314 e. The standard InChI is InChI=1S/C14H21NS2/c1-16-13-7-6-11(10-14(13)17-2)9-12-5-3-4-8-15-12/h6-7,10,12,15H,3-5,8-9H2,1-2H3. The lowest BCUT2D eigenvalue weighted by molar-refractivity contribution is 0.399. The molecule has 1 aliphatic heterocycles. The molecule has 17 heavy (non-hydrogen) atoms. The number of hydrogen-bond donors (Lipinski definition) is 1. The van der Waals surface area contributed by atoms with Crippen LogP contribution in [0.25, 0.3) is 0 Å². The van der Waals surface area contributed by atoms with Crippen LogP contribution in [0.15, 0.2) is 28.0 Å². The molecule has 1 saturated heterocycles.